The fraction of sp³-hybridized carbons (Fsp3) is 0.286. The lowest BCUT2D eigenvalue weighted by Gasteiger charge is -2.12. The Morgan fingerprint density at radius 3 is 2.56 bits per heavy atom. The number of fused-ring (bicyclic) bond motifs is 1. The van der Waals surface area contributed by atoms with E-state index in [2.05, 4.69) is 17.4 Å². The summed E-state index contributed by atoms with van der Waals surface area (Å²) < 4.78 is 0. The van der Waals surface area contributed by atoms with Crippen molar-refractivity contribution in [2.75, 3.05) is 13.1 Å². The molecular formula is C14H15NO. The van der Waals surface area contributed by atoms with Gasteiger partial charge in [-0.1, -0.05) is 24.3 Å². The minimum Gasteiger partial charge on any atom is -0.508 e. The lowest BCUT2D eigenvalue weighted by atomic mass is 9.94. The third-order valence-corrected chi connectivity index (χ3v) is 3.40. The van der Waals surface area contributed by atoms with Crippen molar-refractivity contribution in [2.45, 2.75) is 12.3 Å². The van der Waals surface area contributed by atoms with Gasteiger partial charge in [-0.05, 0) is 41.4 Å². The maximum absolute atomic E-state index is 10.0. The molecule has 0 spiro atoms. The summed E-state index contributed by atoms with van der Waals surface area (Å²) in [6.07, 6.45) is 1.12. The standard InChI is InChI=1S/C14H15NO/c16-14-8-11-4-2-1-3-10(11)7-13(14)12-5-6-15-9-12/h1-4,7-8,12,15-16H,5-6,9H2. The van der Waals surface area contributed by atoms with Gasteiger partial charge in [0, 0.05) is 12.5 Å². The van der Waals surface area contributed by atoms with E-state index >= 15 is 0 Å². The minimum atomic E-state index is 0.437. The smallest absolute Gasteiger partial charge is 0.119 e. The molecule has 0 radical (unpaired) electrons. The number of hydrogen-bond donors (Lipinski definition) is 2. The van der Waals surface area contributed by atoms with Gasteiger partial charge in [-0.25, -0.2) is 0 Å². The van der Waals surface area contributed by atoms with Crippen LogP contribution in [0.25, 0.3) is 10.8 Å². The molecule has 1 atom stereocenters. The Morgan fingerprint density at radius 1 is 1.12 bits per heavy atom. The van der Waals surface area contributed by atoms with Gasteiger partial charge < -0.3 is 10.4 Å². The molecule has 2 aromatic carbocycles. The predicted octanol–water partition coefficient (Wildman–Crippen LogP) is 2.62. The monoisotopic (exact) mass is 213 g/mol. The second-order valence-electron chi connectivity index (χ2n) is 4.45. The highest BCUT2D eigenvalue weighted by Crippen LogP contribution is 2.33. The van der Waals surface area contributed by atoms with E-state index in [1.807, 2.05) is 24.3 Å². The molecule has 0 saturated carbocycles. The number of benzene rings is 2. The summed E-state index contributed by atoms with van der Waals surface area (Å²) in [4.78, 5) is 0. The van der Waals surface area contributed by atoms with Crippen LogP contribution in [0, 0.1) is 0 Å². The molecule has 2 heteroatoms. The number of phenols is 1. The van der Waals surface area contributed by atoms with Crippen molar-refractivity contribution < 1.29 is 5.11 Å². The third-order valence-electron chi connectivity index (χ3n) is 3.40. The van der Waals surface area contributed by atoms with Crippen LogP contribution < -0.4 is 5.32 Å². The van der Waals surface area contributed by atoms with Gasteiger partial charge in [0.1, 0.15) is 5.75 Å². The second kappa shape index (κ2) is 3.80. The van der Waals surface area contributed by atoms with Crippen molar-refractivity contribution in [2.24, 2.45) is 0 Å². The molecular weight excluding hydrogens is 198 g/mol. The number of nitrogens with one attached hydrogen (secondary N) is 1. The van der Waals surface area contributed by atoms with E-state index in [4.69, 9.17) is 0 Å². The molecule has 0 bridgehead atoms. The zero-order chi connectivity index (χ0) is 11.0. The predicted molar refractivity (Wildman–Crippen MR) is 65.8 cm³/mol. The Balaban J connectivity index is 2.13. The first-order valence-corrected chi connectivity index (χ1v) is 5.77. The highest BCUT2D eigenvalue weighted by molar-refractivity contribution is 5.85. The number of rotatable bonds is 1. The minimum absolute atomic E-state index is 0.437. The lowest BCUT2D eigenvalue weighted by molar-refractivity contribution is 0.463. The average molecular weight is 213 g/mol. The van der Waals surface area contributed by atoms with Crippen molar-refractivity contribution in [3.63, 3.8) is 0 Å². The first kappa shape index (κ1) is 9.67. The highest BCUT2D eigenvalue weighted by Gasteiger charge is 2.19. The van der Waals surface area contributed by atoms with Crippen LogP contribution in [0.15, 0.2) is 36.4 Å². The van der Waals surface area contributed by atoms with Gasteiger partial charge in [0.2, 0.25) is 0 Å². The van der Waals surface area contributed by atoms with E-state index in [1.165, 1.54) is 5.39 Å². The zero-order valence-corrected chi connectivity index (χ0v) is 9.11. The molecule has 0 aliphatic carbocycles. The summed E-state index contributed by atoms with van der Waals surface area (Å²) in [5.74, 6) is 0.900. The normalized spacial score (nSPS) is 20.4. The zero-order valence-electron chi connectivity index (χ0n) is 9.11. The molecule has 1 saturated heterocycles. The van der Waals surface area contributed by atoms with Gasteiger partial charge >= 0.3 is 0 Å². The van der Waals surface area contributed by atoms with Crippen LogP contribution in [-0.4, -0.2) is 18.2 Å². The second-order valence-corrected chi connectivity index (χ2v) is 4.45. The van der Waals surface area contributed by atoms with Crippen LogP contribution in [0.4, 0.5) is 0 Å². The van der Waals surface area contributed by atoms with E-state index in [9.17, 15) is 5.11 Å². The van der Waals surface area contributed by atoms with Crippen LogP contribution in [0.2, 0.25) is 0 Å². The molecule has 1 unspecified atom stereocenters. The largest absolute Gasteiger partial charge is 0.508 e. The van der Waals surface area contributed by atoms with Gasteiger partial charge in [-0.3, -0.25) is 0 Å². The molecule has 82 valence electrons. The van der Waals surface area contributed by atoms with Crippen LogP contribution in [0.3, 0.4) is 0 Å². The van der Waals surface area contributed by atoms with Crippen LogP contribution >= 0.6 is 0 Å². The molecule has 1 fully saturated rings. The molecule has 16 heavy (non-hydrogen) atoms. The maximum atomic E-state index is 10.0. The van der Waals surface area contributed by atoms with E-state index in [0.29, 0.717) is 11.7 Å². The molecule has 2 N–H and O–H groups in total. The highest BCUT2D eigenvalue weighted by atomic mass is 16.3. The average Bonchev–Trinajstić information content (AvgIpc) is 2.81. The van der Waals surface area contributed by atoms with E-state index in [1.54, 1.807) is 0 Å². The Kier molecular flexibility index (Phi) is 2.29. The van der Waals surface area contributed by atoms with Crippen LogP contribution in [0.1, 0.15) is 17.9 Å². The fourth-order valence-electron chi connectivity index (χ4n) is 2.49. The fourth-order valence-corrected chi connectivity index (χ4v) is 2.49. The van der Waals surface area contributed by atoms with Gasteiger partial charge in [0.25, 0.3) is 0 Å². The van der Waals surface area contributed by atoms with E-state index in [-0.39, 0.29) is 0 Å². The number of phenolic OH excluding ortho intramolecular Hbond substituents is 1. The lowest BCUT2D eigenvalue weighted by Crippen LogP contribution is -2.08. The molecule has 2 aromatic rings. The van der Waals surface area contributed by atoms with Crippen LogP contribution in [-0.2, 0) is 0 Å². The third kappa shape index (κ3) is 1.55. The molecule has 2 nitrogen and oxygen atoms in total. The van der Waals surface area contributed by atoms with Crippen molar-refractivity contribution in [3.8, 4) is 5.75 Å². The molecule has 0 aromatic heterocycles. The summed E-state index contributed by atoms with van der Waals surface area (Å²) in [7, 11) is 0. The first-order valence-electron chi connectivity index (χ1n) is 5.77. The van der Waals surface area contributed by atoms with Crippen LogP contribution in [0.5, 0.6) is 5.75 Å². The molecule has 0 amide bonds. The van der Waals surface area contributed by atoms with Crippen molar-refractivity contribution in [1.82, 2.24) is 5.32 Å². The summed E-state index contributed by atoms with van der Waals surface area (Å²) in [6, 6.07) is 12.2. The summed E-state index contributed by atoms with van der Waals surface area (Å²) >= 11 is 0. The van der Waals surface area contributed by atoms with Gasteiger partial charge in [-0.2, -0.15) is 0 Å². The number of hydrogen-bond acceptors (Lipinski definition) is 2. The maximum Gasteiger partial charge on any atom is 0.119 e. The summed E-state index contributed by atoms with van der Waals surface area (Å²) in [5, 5.41) is 15.7. The van der Waals surface area contributed by atoms with Gasteiger partial charge in [0.15, 0.2) is 0 Å². The molecule has 3 rings (SSSR count). The Labute approximate surface area is 94.9 Å². The quantitative estimate of drug-likeness (QED) is 0.763. The Morgan fingerprint density at radius 2 is 1.88 bits per heavy atom. The summed E-state index contributed by atoms with van der Waals surface area (Å²) in [6.45, 7) is 2.03. The van der Waals surface area contributed by atoms with Crippen molar-refractivity contribution in [3.05, 3.63) is 42.0 Å². The topological polar surface area (TPSA) is 32.3 Å². The Hall–Kier alpha value is -1.54. The van der Waals surface area contributed by atoms with E-state index in [0.717, 1.165) is 30.5 Å². The van der Waals surface area contributed by atoms with Crippen molar-refractivity contribution >= 4 is 10.8 Å². The SMILES string of the molecule is Oc1cc2ccccc2cc1C1CCNC1. The van der Waals surface area contributed by atoms with Gasteiger partial charge in [0.05, 0.1) is 0 Å². The number of aromatic hydroxyl groups is 1. The van der Waals surface area contributed by atoms with Gasteiger partial charge in [-0.15, -0.1) is 0 Å². The molecule has 1 heterocycles. The van der Waals surface area contributed by atoms with E-state index < -0.39 is 0 Å². The molecule has 1 aliphatic heterocycles. The summed E-state index contributed by atoms with van der Waals surface area (Å²) in [5.41, 5.74) is 1.09. The Bertz CT molecular complexity index is 515. The van der Waals surface area contributed by atoms with Crippen molar-refractivity contribution in [1.29, 1.82) is 0 Å². The first-order chi connectivity index (χ1) is 7.84. The molecule has 1 aliphatic rings.